The minimum Gasteiger partial charge on any atom is -0.337 e. The van der Waals surface area contributed by atoms with Crippen LogP contribution in [0.5, 0.6) is 0 Å². The van der Waals surface area contributed by atoms with Crippen molar-refractivity contribution in [1.29, 1.82) is 0 Å². The Morgan fingerprint density at radius 3 is 2.38 bits per heavy atom. The van der Waals surface area contributed by atoms with Crippen LogP contribution in [0.25, 0.3) is 0 Å². The Morgan fingerprint density at radius 2 is 1.71 bits per heavy atom. The van der Waals surface area contributed by atoms with Crippen molar-refractivity contribution in [2.75, 3.05) is 19.6 Å². The van der Waals surface area contributed by atoms with Crippen LogP contribution in [-0.2, 0) is 10.0 Å². The maximum Gasteiger partial charge on any atom is 0.253 e. The third-order valence-corrected chi connectivity index (χ3v) is 8.15. The molecule has 1 aromatic carbocycles. The summed E-state index contributed by atoms with van der Waals surface area (Å²) in [5, 5.41) is -0.173. The zero-order valence-corrected chi connectivity index (χ0v) is 14.7. The monoisotopic (exact) mass is 348 g/mol. The first-order valence-corrected chi connectivity index (χ1v) is 10.4. The number of carbonyl (C=O) groups is 1. The molecule has 0 radical (unpaired) electrons. The molecular weight excluding hydrogens is 324 g/mol. The predicted octanol–water partition coefficient (Wildman–Crippen LogP) is 2.25. The Hall–Kier alpha value is -1.40. The van der Waals surface area contributed by atoms with Gasteiger partial charge in [0.1, 0.15) is 0 Å². The summed E-state index contributed by atoms with van der Waals surface area (Å²) in [6.45, 7) is 1.87. The molecule has 24 heavy (non-hydrogen) atoms. The van der Waals surface area contributed by atoms with Gasteiger partial charge in [-0.2, -0.15) is 4.31 Å². The Balaban J connectivity index is 1.58. The van der Waals surface area contributed by atoms with Gasteiger partial charge < -0.3 is 4.90 Å². The zero-order valence-electron chi connectivity index (χ0n) is 13.9. The first kappa shape index (κ1) is 16.1. The molecule has 3 aliphatic rings. The van der Waals surface area contributed by atoms with E-state index >= 15 is 0 Å². The molecule has 5 nitrogen and oxygen atoms in total. The molecule has 1 atom stereocenters. The van der Waals surface area contributed by atoms with E-state index in [0.29, 0.717) is 25.2 Å². The average molecular weight is 348 g/mol. The van der Waals surface area contributed by atoms with Crippen molar-refractivity contribution in [2.45, 2.75) is 49.3 Å². The van der Waals surface area contributed by atoms with E-state index in [9.17, 15) is 13.2 Å². The number of piperidine rings is 1. The van der Waals surface area contributed by atoms with Crippen LogP contribution < -0.4 is 0 Å². The molecule has 1 unspecified atom stereocenters. The topological polar surface area (TPSA) is 57.7 Å². The molecule has 1 amide bonds. The van der Waals surface area contributed by atoms with Crippen molar-refractivity contribution in [1.82, 2.24) is 9.21 Å². The summed E-state index contributed by atoms with van der Waals surface area (Å²) in [5.74, 6) is 0.0188. The van der Waals surface area contributed by atoms with Crippen molar-refractivity contribution in [3.63, 3.8) is 0 Å². The fourth-order valence-electron chi connectivity index (χ4n) is 4.31. The number of hydrogen-bond donors (Lipinski definition) is 0. The number of likely N-dealkylation sites (tertiary alicyclic amines) is 1. The molecule has 3 fully saturated rings. The summed E-state index contributed by atoms with van der Waals surface area (Å²) >= 11 is 0. The van der Waals surface area contributed by atoms with E-state index < -0.39 is 10.0 Å². The van der Waals surface area contributed by atoms with Crippen molar-refractivity contribution < 1.29 is 13.2 Å². The predicted molar refractivity (Wildman–Crippen MR) is 92.2 cm³/mol. The van der Waals surface area contributed by atoms with Gasteiger partial charge in [-0.25, -0.2) is 8.42 Å². The van der Waals surface area contributed by atoms with E-state index in [0.717, 1.165) is 38.5 Å². The van der Waals surface area contributed by atoms with Gasteiger partial charge in [-0.15, -0.1) is 0 Å². The van der Waals surface area contributed by atoms with Crippen LogP contribution in [0.3, 0.4) is 0 Å². The molecule has 1 saturated carbocycles. The van der Waals surface area contributed by atoms with Crippen molar-refractivity contribution in [3.8, 4) is 0 Å². The highest BCUT2D eigenvalue weighted by Crippen LogP contribution is 2.43. The van der Waals surface area contributed by atoms with Gasteiger partial charge in [0.15, 0.2) is 0 Å². The SMILES string of the molecule is O=C(c1ccccc1)N1CCCC2(CCCN2S(=O)(=O)C2CC2)C1. The van der Waals surface area contributed by atoms with E-state index in [1.54, 1.807) is 4.31 Å². The number of nitrogens with zero attached hydrogens (tertiary/aromatic N) is 2. The van der Waals surface area contributed by atoms with Crippen LogP contribution in [0.1, 0.15) is 48.9 Å². The smallest absolute Gasteiger partial charge is 0.253 e. The maximum atomic E-state index is 12.8. The van der Waals surface area contributed by atoms with Crippen LogP contribution in [0.2, 0.25) is 0 Å². The number of amides is 1. The molecule has 2 aliphatic heterocycles. The lowest BCUT2D eigenvalue weighted by Gasteiger charge is -2.45. The third kappa shape index (κ3) is 2.65. The van der Waals surface area contributed by atoms with Crippen LogP contribution in [0, 0.1) is 0 Å². The molecule has 0 N–H and O–H groups in total. The van der Waals surface area contributed by atoms with Gasteiger partial charge in [-0.05, 0) is 50.7 Å². The second kappa shape index (κ2) is 5.85. The van der Waals surface area contributed by atoms with Gasteiger partial charge >= 0.3 is 0 Å². The number of carbonyl (C=O) groups excluding carboxylic acids is 1. The van der Waals surface area contributed by atoms with Gasteiger partial charge in [-0.1, -0.05) is 18.2 Å². The lowest BCUT2D eigenvalue weighted by molar-refractivity contribution is 0.0523. The molecule has 0 aromatic heterocycles. The first-order valence-electron chi connectivity index (χ1n) is 8.89. The molecule has 1 aliphatic carbocycles. The molecular formula is C18H24N2O3S. The van der Waals surface area contributed by atoms with Crippen molar-refractivity contribution in [2.24, 2.45) is 0 Å². The van der Waals surface area contributed by atoms with Gasteiger partial charge in [-0.3, -0.25) is 4.79 Å². The Morgan fingerprint density at radius 1 is 1.04 bits per heavy atom. The summed E-state index contributed by atoms with van der Waals surface area (Å²) in [4.78, 5) is 14.7. The van der Waals surface area contributed by atoms with Crippen LogP contribution >= 0.6 is 0 Å². The second-order valence-electron chi connectivity index (χ2n) is 7.34. The number of rotatable bonds is 3. The van der Waals surface area contributed by atoms with E-state index in [2.05, 4.69) is 0 Å². The standard InChI is InChI=1S/C18H24N2O3S/c21-17(15-6-2-1-3-7-15)19-12-4-10-18(14-19)11-5-13-20(18)24(22,23)16-8-9-16/h1-3,6-7,16H,4-5,8-14H2. The lowest BCUT2D eigenvalue weighted by atomic mass is 9.87. The van der Waals surface area contributed by atoms with Gasteiger partial charge in [0.2, 0.25) is 10.0 Å². The van der Waals surface area contributed by atoms with E-state index in [-0.39, 0.29) is 16.7 Å². The number of sulfonamides is 1. The molecule has 2 heterocycles. The van der Waals surface area contributed by atoms with Gasteiger partial charge in [0, 0.05) is 25.2 Å². The molecule has 4 rings (SSSR count). The summed E-state index contributed by atoms with van der Waals surface area (Å²) in [7, 11) is -3.19. The average Bonchev–Trinajstić information content (AvgIpc) is 3.39. The van der Waals surface area contributed by atoms with Crippen molar-refractivity contribution in [3.05, 3.63) is 35.9 Å². The Kier molecular flexibility index (Phi) is 3.92. The lowest BCUT2D eigenvalue weighted by Crippen LogP contribution is -2.58. The van der Waals surface area contributed by atoms with E-state index in [1.165, 1.54) is 0 Å². The molecule has 1 aromatic rings. The van der Waals surface area contributed by atoms with Gasteiger partial charge in [0.05, 0.1) is 10.8 Å². The highest BCUT2D eigenvalue weighted by atomic mass is 32.2. The van der Waals surface area contributed by atoms with Gasteiger partial charge in [0.25, 0.3) is 5.91 Å². The summed E-state index contributed by atoms with van der Waals surface area (Å²) < 4.78 is 27.4. The summed E-state index contributed by atoms with van der Waals surface area (Å²) in [6.07, 6.45) is 5.10. The second-order valence-corrected chi connectivity index (χ2v) is 9.48. The fourth-order valence-corrected chi connectivity index (χ4v) is 6.57. The van der Waals surface area contributed by atoms with E-state index in [4.69, 9.17) is 0 Å². The highest BCUT2D eigenvalue weighted by molar-refractivity contribution is 7.90. The van der Waals surface area contributed by atoms with E-state index in [1.807, 2.05) is 35.2 Å². The minimum atomic E-state index is -3.19. The molecule has 6 heteroatoms. The number of benzene rings is 1. The maximum absolute atomic E-state index is 12.8. The fraction of sp³-hybridized carbons (Fsp3) is 0.611. The van der Waals surface area contributed by atoms with Crippen LogP contribution in [0.15, 0.2) is 30.3 Å². The van der Waals surface area contributed by atoms with Crippen LogP contribution in [0.4, 0.5) is 0 Å². The Bertz CT molecular complexity index is 730. The highest BCUT2D eigenvalue weighted by Gasteiger charge is 2.53. The van der Waals surface area contributed by atoms with Crippen molar-refractivity contribution >= 4 is 15.9 Å². The van der Waals surface area contributed by atoms with Crippen LogP contribution in [-0.4, -0.2) is 54.0 Å². The quantitative estimate of drug-likeness (QED) is 0.842. The Labute approximate surface area is 143 Å². The summed E-state index contributed by atoms with van der Waals surface area (Å²) in [6, 6.07) is 9.29. The largest absolute Gasteiger partial charge is 0.337 e. The molecule has 130 valence electrons. The minimum absolute atomic E-state index is 0.0188. The third-order valence-electron chi connectivity index (χ3n) is 5.65. The zero-order chi connectivity index (χ0) is 16.8. The summed E-state index contributed by atoms with van der Waals surface area (Å²) in [5.41, 5.74) is 0.313. The normalized spacial score (nSPS) is 28.4. The molecule has 2 saturated heterocycles. The molecule has 1 spiro atoms. The molecule has 0 bridgehead atoms. The number of hydrogen-bond acceptors (Lipinski definition) is 3. The first-order chi connectivity index (χ1) is 11.5.